The second kappa shape index (κ2) is 3.17. The van der Waals surface area contributed by atoms with Gasteiger partial charge in [0.25, 0.3) is 0 Å². The fourth-order valence-electron chi connectivity index (χ4n) is 0. The van der Waals surface area contributed by atoms with Gasteiger partial charge in [-0.25, -0.2) is 0 Å². The SMILES string of the molecule is O=S(=O)(Cl)Cl.[Li+]. The average molecular weight is 142 g/mol. The third kappa shape index (κ3) is 68.7. The first-order chi connectivity index (χ1) is 2.00. The minimum absolute atomic E-state index is 0. The van der Waals surface area contributed by atoms with E-state index in [4.69, 9.17) is 8.42 Å². The molecule has 0 rings (SSSR count). The Morgan fingerprint density at radius 1 is 1.17 bits per heavy atom. The summed E-state index contributed by atoms with van der Waals surface area (Å²) in [6.45, 7) is 0. The Bertz CT molecular complexity index is 94.7. The van der Waals surface area contributed by atoms with Gasteiger partial charge in [-0.15, -0.1) is 0 Å². The molecule has 0 bridgehead atoms. The zero-order chi connectivity index (χ0) is 4.50. The van der Waals surface area contributed by atoms with Gasteiger partial charge in [0.2, 0.25) is 0 Å². The van der Waals surface area contributed by atoms with Gasteiger partial charge in [0.05, 0.1) is 0 Å². The van der Waals surface area contributed by atoms with E-state index in [0.717, 1.165) is 0 Å². The van der Waals surface area contributed by atoms with E-state index in [2.05, 4.69) is 21.4 Å². The quantitative estimate of drug-likeness (QED) is 0.282. The molecule has 6 heteroatoms. The van der Waals surface area contributed by atoms with Crippen LogP contribution in [-0.2, 0) is 8.26 Å². The Hall–Kier alpha value is 1.13. The molecule has 0 N–H and O–H groups in total. The van der Waals surface area contributed by atoms with E-state index in [9.17, 15) is 0 Å². The molecular weight excluding hydrogens is 142 g/mol. The van der Waals surface area contributed by atoms with Crippen molar-refractivity contribution in [3.8, 4) is 0 Å². The van der Waals surface area contributed by atoms with E-state index >= 15 is 0 Å². The van der Waals surface area contributed by atoms with Crippen LogP contribution in [0.15, 0.2) is 0 Å². The fraction of sp³-hybridized carbons (Fsp3) is 0. The summed E-state index contributed by atoms with van der Waals surface area (Å²) < 4.78 is 18.3. The molecule has 0 saturated carbocycles. The third-order valence-corrected chi connectivity index (χ3v) is 0. The fourth-order valence-corrected chi connectivity index (χ4v) is 0. The van der Waals surface area contributed by atoms with Crippen LogP contribution >= 0.6 is 21.4 Å². The van der Waals surface area contributed by atoms with Crippen LogP contribution in [0.4, 0.5) is 0 Å². The molecule has 0 radical (unpaired) electrons. The first-order valence-electron chi connectivity index (χ1n) is 0.642. The largest absolute Gasteiger partial charge is 1.00 e. The van der Waals surface area contributed by atoms with Crippen LogP contribution in [0.1, 0.15) is 0 Å². The smallest absolute Gasteiger partial charge is 0.195 e. The molecule has 0 aliphatic carbocycles. The van der Waals surface area contributed by atoms with Gasteiger partial charge in [-0.3, -0.25) is 0 Å². The van der Waals surface area contributed by atoms with E-state index in [-0.39, 0.29) is 18.9 Å². The first-order valence-corrected chi connectivity index (χ1v) is 3.78. The minimum atomic E-state index is -3.72. The number of hydrogen-bond donors (Lipinski definition) is 0. The molecule has 0 atom stereocenters. The van der Waals surface area contributed by atoms with Crippen LogP contribution in [0.5, 0.6) is 0 Å². The Balaban J connectivity index is 0. The monoisotopic (exact) mass is 141 g/mol. The van der Waals surface area contributed by atoms with Crippen molar-refractivity contribution in [1.29, 1.82) is 0 Å². The van der Waals surface area contributed by atoms with Gasteiger partial charge in [-0.2, -0.15) is 8.42 Å². The summed E-state index contributed by atoms with van der Waals surface area (Å²) in [5.41, 5.74) is 0. The van der Waals surface area contributed by atoms with Crippen molar-refractivity contribution in [1.82, 2.24) is 0 Å². The molecule has 0 aromatic heterocycles. The van der Waals surface area contributed by atoms with E-state index in [0.29, 0.717) is 0 Å². The number of halogens is 2. The van der Waals surface area contributed by atoms with Gasteiger partial charge >= 0.3 is 27.1 Å². The molecule has 0 fully saturated rings. The second-order valence-electron chi connectivity index (χ2n) is 0.378. The summed E-state index contributed by atoms with van der Waals surface area (Å²) in [5.74, 6) is 0. The molecule has 0 amide bonds. The van der Waals surface area contributed by atoms with E-state index < -0.39 is 8.26 Å². The molecule has 0 aliphatic heterocycles. The molecule has 6 heavy (non-hydrogen) atoms. The summed E-state index contributed by atoms with van der Waals surface area (Å²) in [6, 6.07) is 0. The van der Waals surface area contributed by atoms with Crippen molar-refractivity contribution < 1.29 is 27.3 Å². The predicted molar refractivity (Wildman–Crippen MR) is 20.6 cm³/mol. The number of rotatable bonds is 0. The molecule has 0 heterocycles. The Labute approximate surface area is 56.9 Å². The van der Waals surface area contributed by atoms with E-state index in [1.54, 1.807) is 0 Å². The maximum atomic E-state index is 9.16. The van der Waals surface area contributed by atoms with Crippen molar-refractivity contribution in [2.75, 3.05) is 0 Å². The van der Waals surface area contributed by atoms with Crippen LogP contribution in [0.3, 0.4) is 0 Å². The second-order valence-corrected chi connectivity index (χ2v) is 4.05. The minimum Gasteiger partial charge on any atom is -0.195 e. The van der Waals surface area contributed by atoms with Gasteiger partial charge in [-0.1, -0.05) is 0 Å². The summed E-state index contributed by atoms with van der Waals surface area (Å²) >= 11 is 0. The van der Waals surface area contributed by atoms with Gasteiger partial charge in [0.1, 0.15) is 0 Å². The maximum absolute atomic E-state index is 9.16. The summed E-state index contributed by atoms with van der Waals surface area (Å²) in [6.07, 6.45) is 0. The van der Waals surface area contributed by atoms with E-state index in [1.165, 1.54) is 0 Å². The Kier molecular flexibility index (Phi) is 5.38. The number of hydrogen-bond acceptors (Lipinski definition) is 2. The van der Waals surface area contributed by atoms with Crippen LogP contribution < -0.4 is 18.9 Å². The van der Waals surface area contributed by atoms with Crippen LogP contribution in [0.2, 0.25) is 0 Å². The Morgan fingerprint density at radius 2 is 1.17 bits per heavy atom. The topological polar surface area (TPSA) is 34.1 Å². The van der Waals surface area contributed by atoms with Gasteiger partial charge < -0.3 is 0 Å². The molecule has 0 saturated heterocycles. The van der Waals surface area contributed by atoms with Gasteiger partial charge in [0.15, 0.2) is 0 Å². The maximum Gasteiger partial charge on any atom is 1.00 e. The molecule has 0 aromatic rings. The van der Waals surface area contributed by atoms with Crippen molar-refractivity contribution in [3.05, 3.63) is 0 Å². The predicted octanol–water partition coefficient (Wildman–Crippen LogP) is -2.29. The molecule has 0 spiro atoms. The zero-order valence-electron chi connectivity index (χ0n) is 2.98. The molecule has 32 valence electrons. The Morgan fingerprint density at radius 3 is 1.17 bits per heavy atom. The molecule has 2 nitrogen and oxygen atoms in total. The van der Waals surface area contributed by atoms with E-state index in [1.807, 2.05) is 0 Å². The first kappa shape index (κ1) is 10.2. The molecule has 0 aromatic carbocycles. The van der Waals surface area contributed by atoms with Crippen LogP contribution in [0.25, 0.3) is 0 Å². The van der Waals surface area contributed by atoms with Crippen molar-refractivity contribution in [3.63, 3.8) is 0 Å². The van der Waals surface area contributed by atoms with Crippen molar-refractivity contribution in [2.24, 2.45) is 0 Å². The van der Waals surface area contributed by atoms with Gasteiger partial charge in [0, 0.05) is 21.4 Å². The third-order valence-electron chi connectivity index (χ3n) is 0. The molecular formula is Cl2LiO2S+. The zero-order valence-corrected chi connectivity index (χ0v) is 5.31. The van der Waals surface area contributed by atoms with Crippen LogP contribution in [-0.4, -0.2) is 8.42 Å². The van der Waals surface area contributed by atoms with Crippen molar-refractivity contribution in [2.45, 2.75) is 0 Å². The van der Waals surface area contributed by atoms with Crippen molar-refractivity contribution >= 4 is 29.6 Å². The summed E-state index contributed by atoms with van der Waals surface area (Å²) in [5, 5.41) is 0. The summed E-state index contributed by atoms with van der Waals surface area (Å²) in [7, 11) is 4.81. The van der Waals surface area contributed by atoms with Gasteiger partial charge in [-0.05, 0) is 0 Å². The summed E-state index contributed by atoms with van der Waals surface area (Å²) in [4.78, 5) is 0. The normalized spacial score (nSPS) is 9.67. The molecule has 0 aliphatic rings. The average Bonchev–Trinajstić information content (AvgIpc) is 0.722. The van der Waals surface area contributed by atoms with Crippen LogP contribution in [0, 0.1) is 0 Å². The molecule has 0 unspecified atom stereocenters. The standard InChI is InChI=1S/Cl2O2S.Li/c1-5(2,3)4;/q;+1.